The Morgan fingerprint density at radius 1 is 1.16 bits per heavy atom. The molecular formula is C14H12Cl2N2O. The van der Waals surface area contributed by atoms with E-state index in [0.717, 1.165) is 0 Å². The van der Waals surface area contributed by atoms with Crippen LogP contribution in [0.3, 0.4) is 0 Å². The van der Waals surface area contributed by atoms with Crippen LogP contribution in [0.4, 0.5) is 11.4 Å². The third kappa shape index (κ3) is 3.00. The molecule has 0 heterocycles. The Labute approximate surface area is 121 Å². The molecule has 98 valence electrons. The fraction of sp³-hybridized carbons (Fsp3) is 0.0714. The number of carbonyl (C=O) groups is 1. The average molecular weight is 295 g/mol. The maximum Gasteiger partial charge on any atom is 0.259 e. The molecule has 0 saturated heterocycles. The molecule has 0 unspecified atom stereocenters. The molecule has 3 nitrogen and oxygen atoms in total. The van der Waals surface area contributed by atoms with Crippen molar-refractivity contribution in [3.63, 3.8) is 0 Å². The van der Waals surface area contributed by atoms with Crippen molar-refractivity contribution in [1.29, 1.82) is 0 Å². The standard InChI is InChI=1S/C14H12Cl2N2O/c1-18(11-4-2-3-10(17)8-11)14(19)12-7-9(15)5-6-13(12)16/h2-8H,17H2,1H3. The van der Waals surface area contributed by atoms with Crippen molar-refractivity contribution >= 4 is 40.5 Å². The minimum atomic E-state index is -0.238. The Balaban J connectivity index is 2.36. The average Bonchev–Trinajstić information content (AvgIpc) is 2.40. The Kier molecular flexibility index (Phi) is 3.98. The first kappa shape index (κ1) is 13.7. The van der Waals surface area contributed by atoms with E-state index in [0.29, 0.717) is 27.0 Å². The van der Waals surface area contributed by atoms with Gasteiger partial charge in [0.05, 0.1) is 10.6 Å². The van der Waals surface area contributed by atoms with Crippen molar-refractivity contribution < 1.29 is 4.79 Å². The van der Waals surface area contributed by atoms with Crippen LogP contribution in [-0.4, -0.2) is 13.0 Å². The van der Waals surface area contributed by atoms with Gasteiger partial charge in [-0.3, -0.25) is 4.79 Å². The quantitative estimate of drug-likeness (QED) is 0.855. The number of carbonyl (C=O) groups excluding carboxylic acids is 1. The van der Waals surface area contributed by atoms with E-state index in [-0.39, 0.29) is 5.91 Å². The summed E-state index contributed by atoms with van der Waals surface area (Å²) in [6, 6.07) is 11.9. The lowest BCUT2D eigenvalue weighted by Crippen LogP contribution is -2.26. The van der Waals surface area contributed by atoms with Crippen LogP contribution in [-0.2, 0) is 0 Å². The van der Waals surface area contributed by atoms with Gasteiger partial charge in [-0.25, -0.2) is 0 Å². The van der Waals surface area contributed by atoms with Crippen LogP contribution < -0.4 is 10.6 Å². The van der Waals surface area contributed by atoms with E-state index in [2.05, 4.69) is 0 Å². The number of benzene rings is 2. The van der Waals surface area contributed by atoms with Crippen LogP contribution in [0.15, 0.2) is 42.5 Å². The van der Waals surface area contributed by atoms with Gasteiger partial charge in [0, 0.05) is 23.4 Å². The predicted octanol–water partition coefficient (Wildman–Crippen LogP) is 3.85. The molecule has 0 aliphatic heterocycles. The third-order valence-electron chi connectivity index (χ3n) is 2.72. The topological polar surface area (TPSA) is 46.3 Å². The molecule has 5 heteroatoms. The Morgan fingerprint density at radius 3 is 2.58 bits per heavy atom. The molecule has 2 N–H and O–H groups in total. The maximum absolute atomic E-state index is 12.4. The molecule has 0 spiro atoms. The maximum atomic E-state index is 12.4. The summed E-state index contributed by atoms with van der Waals surface area (Å²) < 4.78 is 0. The number of anilines is 2. The molecule has 0 fully saturated rings. The Bertz CT molecular complexity index is 629. The highest BCUT2D eigenvalue weighted by atomic mass is 35.5. The molecular weight excluding hydrogens is 283 g/mol. The lowest BCUT2D eigenvalue weighted by atomic mass is 10.2. The number of nitrogen functional groups attached to an aromatic ring is 1. The third-order valence-corrected chi connectivity index (χ3v) is 3.29. The summed E-state index contributed by atoms with van der Waals surface area (Å²) in [6.07, 6.45) is 0. The van der Waals surface area contributed by atoms with Crippen molar-refractivity contribution in [3.05, 3.63) is 58.1 Å². The summed E-state index contributed by atoms with van der Waals surface area (Å²) in [5.41, 5.74) is 7.35. The lowest BCUT2D eigenvalue weighted by Gasteiger charge is -2.18. The molecule has 0 saturated carbocycles. The first-order valence-electron chi connectivity index (χ1n) is 5.57. The summed E-state index contributed by atoms with van der Waals surface area (Å²) in [5, 5.41) is 0.832. The highest BCUT2D eigenvalue weighted by molar-refractivity contribution is 6.36. The lowest BCUT2D eigenvalue weighted by molar-refractivity contribution is 0.0993. The van der Waals surface area contributed by atoms with E-state index in [1.54, 1.807) is 49.5 Å². The molecule has 0 aliphatic rings. The fourth-order valence-electron chi connectivity index (χ4n) is 1.69. The molecule has 0 aliphatic carbocycles. The summed E-state index contributed by atoms with van der Waals surface area (Å²) >= 11 is 11.9. The van der Waals surface area contributed by atoms with Crippen LogP contribution in [0.5, 0.6) is 0 Å². The Morgan fingerprint density at radius 2 is 1.89 bits per heavy atom. The van der Waals surface area contributed by atoms with Gasteiger partial charge >= 0.3 is 0 Å². The molecule has 0 radical (unpaired) electrons. The molecule has 0 bridgehead atoms. The summed E-state index contributed by atoms with van der Waals surface area (Å²) in [5.74, 6) is -0.238. The van der Waals surface area contributed by atoms with E-state index >= 15 is 0 Å². The largest absolute Gasteiger partial charge is 0.399 e. The normalized spacial score (nSPS) is 10.3. The second-order valence-corrected chi connectivity index (χ2v) is 4.93. The van der Waals surface area contributed by atoms with E-state index < -0.39 is 0 Å². The number of nitrogens with two attached hydrogens (primary N) is 1. The molecule has 0 aromatic heterocycles. The number of hydrogen-bond acceptors (Lipinski definition) is 2. The first-order chi connectivity index (χ1) is 8.99. The number of hydrogen-bond donors (Lipinski definition) is 1. The van der Waals surface area contributed by atoms with E-state index in [1.807, 2.05) is 0 Å². The monoisotopic (exact) mass is 294 g/mol. The van der Waals surface area contributed by atoms with Crippen molar-refractivity contribution in [1.82, 2.24) is 0 Å². The number of halogens is 2. The summed E-state index contributed by atoms with van der Waals surface area (Å²) in [4.78, 5) is 13.9. The zero-order valence-electron chi connectivity index (χ0n) is 10.2. The Hall–Kier alpha value is -1.71. The zero-order chi connectivity index (χ0) is 14.0. The minimum absolute atomic E-state index is 0.238. The van der Waals surface area contributed by atoms with Crippen molar-refractivity contribution in [3.8, 4) is 0 Å². The highest BCUT2D eigenvalue weighted by Crippen LogP contribution is 2.24. The molecule has 19 heavy (non-hydrogen) atoms. The molecule has 2 aromatic rings. The second-order valence-electron chi connectivity index (χ2n) is 4.08. The van der Waals surface area contributed by atoms with Gasteiger partial charge in [-0.1, -0.05) is 29.3 Å². The SMILES string of the molecule is CN(C(=O)c1cc(Cl)ccc1Cl)c1cccc(N)c1. The molecule has 2 rings (SSSR count). The number of rotatable bonds is 2. The van der Waals surface area contributed by atoms with Gasteiger partial charge in [-0.05, 0) is 36.4 Å². The molecule has 2 aromatic carbocycles. The minimum Gasteiger partial charge on any atom is -0.399 e. The smallest absolute Gasteiger partial charge is 0.259 e. The van der Waals surface area contributed by atoms with E-state index in [9.17, 15) is 4.79 Å². The van der Waals surface area contributed by atoms with Crippen LogP contribution in [0, 0.1) is 0 Å². The van der Waals surface area contributed by atoms with Gasteiger partial charge in [0.15, 0.2) is 0 Å². The first-order valence-corrected chi connectivity index (χ1v) is 6.33. The molecule has 1 amide bonds. The van der Waals surface area contributed by atoms with E-state index in [4.69, 9.17) is 28.9 Å². The van der Waals surface area contributed by atoms with Crippen molar-refractivity contribution in [2.75, 3.05) is 17.7 Å². The summed E-state index contributed by atoms with van der Waals surface area (Å²) in [6.45, 7) is 0. The molecule has 0 atom stereocenters. The van der Waals surface area contributed by atoms with Gasteiger partial charge < -0.3 is 10.6 Å². The second kappa shape index (κ2) is 5.51. The zero-order valence-corrected chi connectivity index (χ0v) is 11.7. The van der Waals surface area contributed by atoms with Gasteiger partial charge in [0.2, 0.25) is 0 Å². The van der Waals surface area contributed by atoms with E-state index in [1.165, 1.54) is 4.90 Å². The van der Waals surface area contributed by atoms with Crippen LogP contribution in [0.25, 0.3) is 0 Å². The summed E-state index contributed by atoms with van der Waals surface area (Å²) in [7, 11) is 1.66. The van der Waals surface area contributed by atoms with Gasteiger partial charge in [-0.2, -0.15) is 0 Å². The van der Waals surface area contributed by atoms with Gasteiger partial charge in [0.1, 0.15) is 0 Å². The van der Waals surface area contributed by atoms with Crippen LogP contribution in [0.1, 0.15) is 10.4 Å². The van der Waals surface area contributed by atoms with Crippen molar-refractivity contribution in [2.45, 2.75) is 0 Å². The number of amides is 1. The van der Waals surface area contributed by atoms with Crippen molar-refractivity contribution in [2.24, 2.45) is 0 Å². The highest BCUT2D eigenvalue weighted by Gasteiger charge is 2.17. The van der Waals surface area contributed by atoms with Gasteiger partial charge in [-0.15, -0.1) is 0 Å². The van der Waals surface area contributed by atoms with Crippen LogP contribution in [0.2, 0.25) is 10.0 Å². The number of nitrogens with zero attached hydrogens (tertiary/aromatic N) is 1. The van der Waals surface area contributed by atoms with Gasteiger partial charge in [0.25, 0.3) is 5.91 Å². The van der Waals surface area contributed by atoms with Crippen LogP contribution >= 0.6 is 23.2 Å². The fourth-order valence-corrected chi connectivity index (χ4v) is 2.06. The predicted molar refractivity (Wildman–Crippen MR) is 80.0 cm³/mol.